The number of unbranched alkanes of at least 4 members (excludes halogenated alkanes) is 4. The number of carbonyl (C=O) groups is 1. The van der Waals surface area contributed by atoms with Crippen molar-refractivity contribution in [2.45, 2.75) is 65.4 Å². The Kier molecular flexibility index (Phi) is 13.8. The van der Waals surface area contributed by atoms with Gasteiger partial charge in [0.1, 0.15) is 5.60 Å². The molecule has 154 valence electrons. The van der Waals surface area contributed by atoms with Crippen molar-refractivity contribution in [3.05, 3.63) is 0 Å². The van der Waals surface area contributed by atoms with E-state index in [9.17, 15) is 4.79 Å². The first-order chi connectivity index (χ1) is 12.2. The van der Waals surface area contributed by atoms with Gasteiger partial charge in [-0.25, -0.2) is 4.79 Å². The third-order valence-electron chi connectivity index (χ3n) is 3.46. The van der Waals surface area contributed by atoms with Crippen LogP contribution < -0.4 is 16.0 Å². The smallest absolute Gasteiger partial charge is 0.407 e. The normalized spacial score (nSPS) is 12.2. The van der Waals surface area contributed by atoms with Gasteiger partial charge in [-0.05, 0) is 61.2 Å². The maximum absolute atomic E-state index is 11.6. The molecule has 0 saturated carbocycles. The molecule has 0 aliphatic rings. The average molecular weight is 372 g/mol. The molecule has 7 heteroatoms. The molecule has 0 fully saturated rings. The predicted octanol–water partition coefficient (Wildman–Crippen LogP) is 2.58. The summed E-state index contributed by atoms with van der Waals surface area (Å²) in [7, 11) is 4.24. The Morgan fingerprint density at radius 2 is 1.58 bits per heavy atom. The van der Waals surface area contributed by atoms with Gasteiger partial charge in [0.25, 0.3) is 0 Å². The molecule has 0 atom stereocenters. The molecule has 3 N–H and O–H groups in total. The Hall–Kier alpha value is -1.50. The van der Waals surface area contributed by atoms with E-state index in [0.29, 0.717) is 13.1 Å². The Morgan fingerprint density at radius 1 is 0.962 bits per heavy atom. The minimum Gasteiger partial charge on any atom is -0.444 e. The highest BCUT2D eigenvalue weighted by molar-refractivity contribution is 5.79. The highest BCUT2D eigenvalue weighted by Gasteiger charge is 2.15. The summed E-state index contributed by atoms with van der Waals surface area (Å²) < 4.78 is 5.20. The van der Waals surface area contributed by atoms with E-state index in [4.69, 9.17) is 4.74 Å². The largest absolute Gasteiger partial charge is 0.444 e. The van der Waals surface area contributed by atoms with Gasteiger partial charge in [-0.15, -0.1) is 0 Å². The van der Waals surface area contributed by atoms with Crippen LogP contribution in [-0.4, -0.2) is 69.4 Å². The van der Waals surface area contributed by atoms with Gasteiger partial charge in [0.05, 0.1) is 0 Å². The zero-order valence-corrected chi connectivity index (χ0v) is 17.8. The third kappa shape index (κ3) is 17.3. The lowest BCUT2D eigenvalue weighted by Gasteiger charge is -2.19. The van der Waals surface area contributed by atoms with Gasteiger partial charge < -0.3 is 25.6 Å². The molecule has 1 amide bonds. The fourth-order valence-electron chi connectivity index (χ4n) is 2.26. The van der Waals surface area contributed by atoms with Crippen LogP contribution in [0.25, 0.3) is 0 Å². The van der Waals surface area contributed by atoms with Gasteiger partial charge >= 0.3 is 6.09 Å². The SMILES string of the molecule is CCNC(=NCCCCCCCN(C)C)NCCNC(=O)OC(C)(C)C. The lowest BCUT2D eigenvalue weighted by atomic mass is 10.1. The molecule has 0 aromatic carbocycles. The Labute approximate surface area is 160 Å². The molecule has 0 bridgehead atoms. The summed E-state index contributed by atoms with van der Waals surface area (Å²) in [5.41, 5.74) is -0.472. The number of hydrogen-bond acceptors (Lipinski definition) is 4. The van der Waals surface area contributed by atoms with E-state index in [1.807, 2.05) is 27.7 Å². The van der Waals surface area contributed by atoms with Gasteiger partial charge in [-0.2, -0.15) is 0 Å². The topological polar surface area (TPSA) is 78.0 Å². The fourth-order valence-corrected chi connectivity index (χ4v) is 2.26. The number of nitrogens with zero attached hydrogens (tertiary/aromatic N) is 2. The van der Waals surface area contributed by atoms with Gasteiger partial charge in [-0.1, -0.05) is 19.3 Å². The monoisotopic (exact) mass is 371 g/mol. The second-order valence-electron chi connectivity index (χ2n) is 7.69. The van der Waals surface area contributed by atoms with Gasteiger partial charge in [0.2, 0.25) is 0 Å². The van der Waals surface area contributed by atoms with Crippen molar-refractivity contribution in [3.8, 4) is 0 Å². The first kappa shape index (κ1) is 24.5. The Bertz CT molecular complexity index is 392. The molecule has 0 aromatic heterocycles. The van der Waals surface area contributed by atoms with Gasteiger partial charge in [0.15, 0.2) is 5.96 Å². The van der Waals surface area contributed by atoms with Crippen molar-refractivity contribution >= 4 is 12.1 Å². The molecule has 0 aliphatic heterocycles. The van der Waals surface area contributed by atoms with Gasteiger partial charge in [0, 0.05) is 26.2 Å². The zero-order valence-electron chi connectivity index (χ0n) is 17.8. The first-order valence-electron chi connectivity index (χ1n) is 9.88. The summed E-state index contributed by atoms with van der Waals surface area (Å²) in [5.74, 6) is 0.797. The van der Waals surface area contributed by atoms with E-state index in [2.05, 4.69) is 39.9 Å². The number of nitrogens with one attached hydrogen (secondary N) is 3. The summed E-state index contributed by atoms with van der Waals surface area (Å²) in [5, 5.41) is 9.18. The molecule has 26 heavy (non-hydrogen) atoms. The number of hydrogen-bond donors (Lipinski definition) is 3. The van der Waals surface area contributed by atoms with E-state index < -0.39 is 11.7 Å². The van der Waals surface area contributed by atoms with Gasteiger partial charge in [-0.3, -0.25) is 4.99 Å². The summed E-state index contributed by atoms with van der Waals surface area (Å²) in [6.07, 6.45) is 5.76. The maximum Gasteiger partial charge on any atom is 0.407 e. The maximum atomic E-state index is 11.6. The molecular formula is C19H41N5O2. The van der Waals surface area contributed by atoms with Crippen LogP contribution in [0.4, 0.5) is 4.79 Å². The Balaban J connectivity index is 3.84. The third-order valence-corrected chi connectivity index (χ3v) is 3.46. The van der Waals surface area contributed by atoms with Crippen LogP contribution in [0.5, 0.6) is 0 Å². The summed E-state index contributed by atoms with van der Waals surface area (Å²) >= 11 is 0. The second kappa shape index (κ2) is 14.6. The number of amides is 1. The number of guanidine groups is 1. The van der Waals surface area contributed by atoms with E-state index in [-0.39, 0.29) is 0 Å². The van der Waals surface area contributed by atoms with Crippen molar-refractivity contribution in [3.63, 3.8) is 0 Å². The molecule has 0 saturated heterocycles. The number of aliphatic imine (C=N–C) groups is 1. The Morgan fingerprint density at radius 3 is 2.19 bits per heavy atom. The van der Waals surface area contributed by atoms with Crippen LogP contribution in [0, 0.1) is 0 Å². The van der Waals surface area contributed by atoms with Crippen LogP contribution in [0.15, 0.2) is 4.99 Å². The summed E-state index contributed by atoms with van der Waals surface area (Å²) in [4.78, 5) is 18.4. The van der Waals surface area contributed by atoms with Crippen LogP contribution in [0.1, 0.15) is 59.8 Å². The van der Waals surface area contributed by atoms with E-state index >= 15 is 0 Å². The second-order valence-corrected chi connectivity index (χ2v) is 7.69. The molecular weight excluding hydrogens is 330 g/mol. The lowest BCUT2D eigenvalue weighted by Crippen LogP contribution is -2.42. The molecule has 0 spiro atoms. The van der Waals surface area contributed by atoms with Crippen molar-refractivity contribution in [2.24, 2.45) is 4.99 Å². The van der Waals surface area contributed by atoms with Crippen molar-refractivity contribution in [2.75, 3.05) is 46.8 Å². The fraction of sp³-hybridized carbons (Fsp3) is 0.895. The molecule has 0 aromatic rings. The van der Waals surface area contributed by atoms with E-state index in [0.717, 1.165) is 25.5 Å². The number of rotatable bonds is 12. The summed E-state index contributed by atoms with van der Waals surface area (Å²) in [6.45, 7) is 11.5. The minimum atomic E-state index is -0.472. The highest BCUT2D eigenvalue weighted by atomic mass is 16.6. The van der Waals surface area contributed by atoms with Crippen molar-refractivity contribution in [1.29, 1.82) is 0 Å². The zero-order chi connectivity index (χ0) is 19.8. The first-order valence-corrected chi connectivity index (χ1v) is 9.88. The highest BCUT2D eigenvalue weighted by Crippen LogP contribution is 2.06. The number of alkyl carbamates (subject to hydrolysis) is 1. The van der Waals surface area contributed by atoms with E-state index in [1.54, 1.807) is 0 Å². The van der Waals surface area contributed by atoms with Crippen LogP contribution >= 0.6 is 0 Å². The molecule has 0 unspecified atom stereocenters. The van der Waals surface area contributed by atoms with Crippen molar-refractivity contribution in [1.82, 2.24) is 20.9 Å². The van der Waals surface area contributed by atoms with Crippen LogP contribution in [0.2, 0.25) is 0 Å². The summed E-state index contributed by atoms with van der Waals surface area (Å²) in [6, 6.07) is 0. The van der Waals surface area contributed by atoms with Crippen LogP contribution in [0.3, 0.4) is 0 Å². The van der Waals surface area contributed by atoms with Crippen molar-refractivity contribution < 1.29 is 9.53 Å². The predicted molar refractivity (Wildman–Crippen MR) is 110 cm³/mol. The standard InChI is InChI=1S/C19H41N5O2/c1-7-20-17(21-13-11-9-8-10-12-16-24(5)6)22-14-15-23-18(25)26-19(2,3)4/h7-16H2,1-6H3,(H,23,25)(H2,20,21,22). The quantitative estimate of drug-likeness (QED) is 0.279. The molecule has 0 radical (unpaired) electrons. The molecule has 0 aliphatic carbocycles. The lowest BCUT2D eigenvalue weighted by molar-refractivity contribution is 0.0529. The van der Waals surface area contributed by atoms with Crippen LogP contribution in [-0.2, 0) is 4.74 Å². The molecule has 7 nitrogen and oxygen atoms in total. The average Bonchev–Trinajstić information content (AvgIpc) is 2.51. The number of ether oxygens (including phenoxy) is 1. The number of carbonyl (C=O) groups excluding carboxylic acids is 1. The minimum absolute atomic E-state index is 0.393. The van der Waals surface area contributed by atoms with E-state index in [1.165, 1.54) is 32.2 Å². The molecule has 0 heterocycles. The molecule has 0 rings (SSSR count).